The highest BCUT2D eigenvalue weighted by molar-refractivity contribution is 6.30. The van der Waals surface area contributed by atoms with E-state index in [4.69, 9.17) is 11.6 Å². The lowest BCUT2D eigenvalue weighted by molar-refractivity contribution is -0.121. The molecule has 90 valence electrons. The van der Waals surface area contributed by atoms with E-state index >= 15 is 0 Å². The molecule has 0 aromatic heterocycles. The molecule has 1 fully saturated rings. The molecule has 0 N–H and O–H groups in total. The second-order valence-corrected chi connectivity index (χ2v) is 4.73. The molecule has 0 bridgehead atoms. The average molecular weight is 255 g/mol. The van der Waals surface area contributed by atoms with Crippen molar-refractivity contribution in [2.45, 2.75) is 25.7 Å². The number of halogens is 2. The lowest BCUT2D eigenvalue weighted by atomic mass is 9.83. The molecule has 1 saturated carbocycles. The summed E-state index contributed by atoms with van der Waals surface area (Å²) in [4.78, 5) is 23.3. The van der Waals surface area contributed by atoms with Crippen molar-refractivity contribution in [2.75, 3.05) is 0 Å². The summed E-state index contributed by atoms with van der Waals surface area (Å²) in [5.41, 5.74) is 0.298. The minimum absolute atomic E-state index is 0.00118. The molecule has 0 spiro atoms. The number of ketones is 2. The molecular formula is C13H12ClFO2. The lowest BCUT2D eigenvalue weighted by Gasteiger charge is -2.19. The highest BCUT2D eigenvalue weighted by Crippen LogP contribution is 2.26. The number of rotatable bonds is 2. The molecule has 0 amide bonds. The monoisotopic (exact) mass is 254 g/mol. The zero-order valence-corrected chi connectivity index (χ0v) is 9.97. The van der Waals surface area contributed by atoms with Crippen molar-refractivity contribution in [2.24, 2.45) is 5.92 Å². The van der Waals surface area contributed by atoms with Gasteiger partial charge in [-0.2, -0.15) is 0 Å². The Bertz CT molecular complexity index is 470. The van der Waals surface area contributed by atoms with Crippen molar-refractivity contribution in [1.82, 2.24) is 0 Å². The zero-order valence-electron chi connectivity index (χ0n) is 9.21. The van der Waals surface area contributed by atoms with Crippen molar-refractivity contribution in [3.8, 4) is 0 Å². The average Bonchev–Trinajstić information content (AvgIpc) is 2.32. The smallest absolute Gasteiger partial charge is 0.166 e. The molecule has 17 heavy (non-hydrogen) atoms. The first-order valence-electron chi connectivity index (χ1n) is 5.59. The van der Waals surface area contributed by atoms with Crippen molar-refractivity contribution in [1.29, 1.82) is 0 Å². The Hall–Kier alpha value is -1.22. The lowest BCUT2D eigenvalue weighted by Crippen LogP contribution is -2.23. The normalized spacial score (nSPS) is 20.4. The minimum atomic E-state index is -0.598. The van der Waals surface area contributed by atoms with Crippen LogP contribution in [0.5, 0.6) is 0 Å². The standard InChI is InChI=1S/C13H12ClFO2/c14-11-5-4-9(7-12(11)15)13(17)8-2-1-3-10(16)6-8/h4-5,7-8H,1-3,6H2. The zero-order chi connectivity index (χ0) is 12.4. The second-order valence-electron chi connectivity index (χ2n) is 4.33. The fourth-order valence-electron chi connectivity index (χ4n) is 2.13. The number of carbonyl (C=O) groups excluding carboxylic acids is 2. The quantitative estimate of drug-likeness (QED) is 0.758. The SMILES string of the molecule is O=C1CCCC(C(=O)c2ccc(Cl)c(F)c2)C1. The van der Waals surface area contributed by atoms with E-state index in [0.717, 1.165) is 12.5 Å². The van der Waals surface area contributed by atoms with Gasteiger partial charge in [0.1, 0.15) is 11.6 Å². The molecule has 1 aliphatic rings. The Morgan fingerprint density at radius 1 is 1.41 bits per heavy atom. The van der Waals surface area contributed by atoms with Gasteiger partial charge in [-0.1, -0.05) is 11.6 Å². The van der Waals surface area contributed by atoms with E-state index in [-0.39, 0.29) is 28.9 Å². The maximum Gasteiger partial charge on any atom is 0.166 e. The Morgan fingerprint density at radius 3 is 2.82 bits per heavy atom. The summed E-state index contributed by atoms with van der Waals surface area (Å²) in [6.45, 7) is 0. The van der Waals surface area contributed by atoms with Gasteiger partial charge in [0.15, 0.2) is 5.78 Å². The summed E-state index contributed by atoms with van der Waals surface area (Å²) in [6, 6.07) is 4.02. The Kier molecular flexibility index (Phi) is 3.57. The van der Waals surface area contributed by atoms with Gasteiger partial charge < -0.3 is 0 Å². The van der Waals surface area contributed by atoms with Crippen LogP contribution >= 0.6 is 11.6 Å². The molecule has 0 radical (unpaired) electrons. The van der Waals surface area contributed by atoms with Crippen LogP contribution in [-0.4, -0.2) is 11.6 Å². The third kappa shape index (κ3) is 2.72. The molecule has 1 unspecified atom stereocenters. The summed E-state index contributed by atoms with van der Waals surface area (Å²) in [7, 11) is 0. The fourth-order valence-corrected chi connectivity index (χ4v) is 2.25. The van der Waals surface area contributed by atoms with Gasteiger partial charge in [-0.25, -0.2) is 4.39 Å². The number of hydrogen-bond donors (Lipinski definition) is 0. The van der Waals surface area contributed by atoms with E-state index in [0.29, 0.717) is 18.4 Å². The first kappa shape index (κ1) is 12.2. The van der Waals surface area contributed by atoms with Gasteiger partial charge in [0, 0.05) is 24.3 Å². The summed E-state index contributed by atoms with van der Waals surface area (Å²) in [6.07, 6.45) is 2.28. The van der Waals surface area contributed by atoms with Crippen molar-refractivity contribution in [3.05, 3.63) is 34.6 Å². The van der Waals surface area contributed by atoms with Crippen LogP contribution in [0.15, 0.2) is 18.2 Å². The first-order valence-corrected chi connectivity index (χ1v) is 5.96. The molecule has 1 atom stereocenters. The van der Waals surface area contributed by atoms with E-state index in [1.807, 2.05) is 0 Å². The molecule has 1 aliphatic carbocycles. The van der Waals surface area contributed by atoms with E-state index in [2.05, 4.69) is 0 Å². The van der Waals surface area contributed by atoms with Crippen molar-refractivity contribution < 1.29 is 14.0 Å². The van der Waals surface area contributed by atoms with E-state index in [9.17, 15) is 14.0 Å². The third-order valence-electron chi connectivity index (χ3n) is 3.06. The number of carbonyl (C=O) groups is 2. The van der Waals surface area contributed by atoms with Gasteiger partial charge in [0.2, 0.25) is 0 Å². The Balaban J connectivity index is 2.18. The first-order chi connectivity index (χ1) is 8.08. The second kappa shape index (κ2) is 4.96. The van der Waals surface area contributed by atoms with Gasteiger partial charge in [-0.15, -0.1) is 0 Å². The molecule has 0 heterocycles. The topological polar surface area (TPSA) is 34.1 Å². The van der Waals surface area contributed by atoms with E-state index in [1.54, 1.807) is 0 Å². The summed E-state index contributed by atoms with van der Waals surface area (Å²) in [5.74, 6) is -0.936. The van der Waals surface area contributed by atoms with Crippen LogP contribution in [0.1, 0.15) is 36.0 Å². The van der Waals surface area contributed by atoms with Crippen LogP contribution in [0.3, 0.4) is 0 Å². The van der Waals surface area contributed by atoms with Crippen LogP contribution in [0.25, 0.3) is 0 Å². The predicted molar refractivity (Wildman–Crippen MR) is 62.7 cm³/mol. The molecule has 2 nitrogen and oxygen atoms in total. The van der Waals surface area contributed by atoms with Gasteiger partial charge >= 0.3 is 0 Å². The summed E-state index contributed by atoms with van der Waals surface area (Å²) in [5, 5.41) is 0.00118. The molecule has 1 aromatic carbocycles. The number of benzene rings is 1. The predicted octanol–water partition coefficient (Wildman–Crippen LogP) is 3.42. The van der Waals surface area contributed by atoms with Gasteiger partial charge in [-0.05, 0) is 31.0 Å². The molecular weight excluding hydrogens is 243 g/mol. The van der Waals surface area contributed by atoms with E-state index < -0.39 is 5.82 Å². The summed E-state index contributed by atoms with van der Waals surface area (Å²) >= 11 is 5.55. The van der Waals surface area contributed by atoms with Gasteiger partial charge in [0.05, 0.1) is 5.02 Å². The highest BCUT2D eigenvalue weighted by atomic mass is 35.5. The summed E-state index contributed by atoms with van der Waals surface area (Å²) < 4.78 is 13.2. The highest BCUT2D eigenvalue weighted by Gasteiger charge is 2.26. The molecule has 0 aliphatic heterocycles. The van der Waals surface area contributed by atoms with Crippen molar-refractivity contribution >= 4 is 23.2 Å². The van der Waals surface area contributed by atoms with Gasteiger partial charge in [0.25, 0.3) is 0 Å². The van der Waals surface area contributed by atoms with Crippen LogP contribution in [0.2, 0.25) is 5.02 Å². The molecule has 2 rings (SSSR count). The Labute approximate surface area is 104 Å². The van der Waals surface area contributed by atoms with Crippen LogP contribution in [0.4, 0.5) is 4.39 Å². The number of Topliss-reactive ketones (excluding diaryl/α,β-unsaturated/α-hetero) is 2. The van der Waals surface area contributed by atoms with Gasteiger partial charge in [-0.3, -0.25) is 9.59 Å². The number of hydrogen-bond acceptors (Lipinski definition) is 2. The third-order valence-corrected chi connectivity index (χ3v) is 3.36. The van der Waals surface area contributed by atoms with Crippen molar-refractivity contribution in [3.63, 3.8) is 0 Å². The maximum absolute atomic E-state index is 13.2. The largest absolute Gasteiger partial charge is 0.300 e. The molecule has 4 heteroatoms. The van der Waals surface area contributed by atoms with Crippen LogP contribution < -0.4 is 0 Å². The van der Waals surface area contributed by atoms with Crippen LogP contribution in [0, 0.1) is 11.7 Å². The minimum Gasteiger partial charge on any atom is -0.300 e. The fraction of sp³-hybridized carbons (Fsp3) is 0.385. The molecule has 1 aromatic rings. The Morgan fingerprint density at radius 2 is 2.18 bits per heavy atom. The van der Waals surface area contributed by atoms with E-state index in [1.165, 1.54) is 12.1 Å². The maximum atomic E-state index is 13.2. The molecule has 0 saturated heterocycles. The van der Waals surface area contributed by atoms with Crippen LogP contribution in [-0.2, 0) is 4.79 Å².